The normalized spacial score (nSPS) is 10.7. The molecule has 0 unspecified atom stereocenters. The van der Waals surface area contributed by atoms with Gasteiger partial charge in [0.1, 0.15) is 0 Å². The van der Waals surface area contributed by atoms with Crippen LogP contribution in [0.4, 0.5) is 5.82 Å². The smallest absolute Gasteiger partial charge is 0.245 e. The molecule has 1 aromatic carbocycles. The second-order valence-corrected chi connectivity index (χ2v) is 4.76. The van der Waals surface area contributed by atoms with Crippen molar-refractivity contribution in [1.82, 2.24) is 20.2 Å². The molecule has 100 valence electrons. The first kappa shape index (κ1) is 13.0. The lowest BCUT2D eigenvalue weighted by molar-refractivity contribution is 0.959. The van der Waals surface area contributed by atoms with Crippen molar-refractivity contribution in [2.45, 2.75) is 6.54 Å². The topological polar surface area (TPSA) is 63.6 Å². The van der Waals surface area contributed by atoms with Gasteiger partial charge in [0.2, 0.25) is 5.28 Å². The number of aromatic nitrogens is 4. The number of halogens is 2. The maximum atomic E-state index is 5.91. The lowest BCUT2D eigenvalue weighted by atomic mass is 10.1. The number of fused-ring (bicyclic) bond motifs is 1. The first-order chi connectivity index (χ1) is 9.74. The Hall–Kier alpha value is -1.98. The molecule has 0 saturated heterocycles. The number of pyridine rings is 1. The average Bonchev–Trinajstić information content (AvgIpc) is 2.48. The van der Waals surface area contributed by atoms with Gasteiger partial charge in [-0.15, -0.1) is 10.2 Å². The summed E-state index contributed by atoms with van der Waals surface area (Å²) < 4.78 is 0. The molecule has 0 aliphatic heterocycles. The summed E-state index contributed by atoms with van der Waals surface area (Å²) in [6.45, 7) is 0.517. The van der Waals surface area contributed by atoms with Crippen LogP contribution in [0.3, 0.4) is 0 Å². The number of rotatable bonds is 3. The number of hydrogen-bond donors (Lipinski definition) is 1. The van der Waals surface area contributed by atoms with Crippen molar-refractivity contribution in [3.05, 3.63) is 52.5 Å². The molecular formula is C13H9Cl2N5. The molecule has 3 rings (SSSR count). The molecule has 0 fully saturated rings. The molecule has 20 heavy (non-hydrogen) atoms. The van der Waals surface area contributed by atoms with Crippen LogP contribution in [0, 0.1) is 0 Å². The first-order valence-corrected chi connectivity index (χ1v) is 6.62. The Bertz CT molecular complexity index is 757. The van der Waals surface area contributed by atoms with Gasteiger partial charge < -0.3 is 5.32 Å². The highest BCUT2D eigenvalue weighted by molar-refractivity contribution is 6.32. The lowest BCUT2D eigenvalue weighted by Crippen LogP contribution is -2.05. The van der Waals surface area contributed by atoms with Crippen molar-refractivity contribution < 1.29 is 0 Å². The van der Waals surface area contributed by atoms with Crippen LogP contribution in [0.1, 0.15) is 5.56 Å². The van der Waals surface area contributed by atoms with E-state index in [9.17, 15) is 0 Å². The van der Waals surface area contributed by atoms with E-state index in [0.29, 0.717) is 12.4 Å². The second-order valence-electron chi connectivity index (χ2n) is 4.07. The van der Waals surface area contributed by atoms with E-state index in [0.717, 1.165) is 16.5 Å². The predicted octanol–water partition coefficient (Wildman–Crippen LogP) is 3.34. The maximum absolute atomic E-state index is 5.91. The first-order valence-electron chi connectivity index (χ1n) is 5.86. The molecule has 0 saturated carbocycles. The SMILES string of the molecule is Clc1nnc(Cl)c(NCc2cccc3cccnc23)n1. The number of benzene rings is 1. The molecule has 7 heteroatoms. The number of anilines is 1. The largest absolute Gasteiger partial charge is 0.363 e. The highest BCUT2D eigenvalue weighted by Crippen LogP contribution is 2.20. The van der Waals surface area contributed by atoms with Crippen LogP contribution in [0.2, 0.25) is 10.4 Å². The van der Waals surface area contributed by atoms with Gasteiger partial charge in [-0.25, -0.2) is 0 Å². The molecule has 0 aliphatic rings. The maximum Gasteiger partial charge on any atom is 0.245 e. The minimum Gasteiger partial charge on any atom is -0.363 e. The van der Waals surface area contributed by atoms with Crippen LogP contribution in [-0.2, 0) is 6.54 Å². The fourth-order valence-corrected chi connectivity index (χ4v) is 2.16. The van der Waals surface area contributed by atoms with Crippen molar-refractivity contribution >= 4 is 39.9 Å². The fourth-order valence-electron chi connectivity index (χ4n) is 1.89. The highest BCUT2D eigenvalue weighted by atomic mass is 35.5. The summed E-state index contributed by atoms with van der Waals surface area (Å²) in [6.07, 6.45) is 1.77. The van der Waals surface area contributed by atoms with E-state index >= 15 is 0 Å². The molecular weight excluding hydrogens is 297 g/mol. The Kier molecular flexibility index (Phi) is 3.62. The molecule has 2 heterocycles. The Morgan fingerprint density at radius 3 is 2.80 bits per heavy atom. The van der Waals surface area contributed by atoms with E-state index in [1.807, 2.05) is 30.3 Å². The molecule has 0 bridgehead atoms. The summed E-state index contributed by atoms with van der Waals surface area (Å²) in [5.41, 5.74) is 1.97. The van der Waals surface area contributed by atoms with E-state index in [2.05, 4.69) is 25.5 Å². The minimum absolute atomic E-state index is 0.0490. The van der Waals surface area contributed by atoms with Crippen molar-refractivity contribution in [1.29, 1.82) is 0 Å². The van der Waals surface area contributed by atoms with Crippen LogP contribution < -0.4 is 5.32 Å². The Balaban J connectivity index is 1.89. The molecule has 3 aromatic rings. The monoisotopic (exact) mass is 305 g/mol. The van der Waals surface area contributed by atoms with E-state index in [4.69, 9.17) is 23.2 Å². The summed E-state index contributed by atoms with van der Waals surface area (Å²) in [4.78, 5) is 8.38. The fraction of sp³-hybridized carbons (Fsp3) is 0.0769. The zero-order chi connectivity index (χ0) is 13.9. The van der Waals surface area contributed by atoms with Gasteiger partial charge >= 0.3 is 0 Å². The van der Waals surface area contributed by atoms with Gasteiger partial charge in [-0.05, 0) is 23.2 Å². The molecule has 0 atom stereocenters. The predicted molar refractivity (Wildman–Crippen MR) is 78.9 cm³/mol. The van der Waals surface area contributed by atoms with Crippen LogP contribution in [0.5, 0.6) is 0 Å². The minimum atomic E-state index is 0.0490. The third-order valence-corrected chi connectivity index (χ3v) is 3.20. The van der Waals surface area contributed by atoms with E-state index in [-0.39, 0.29) is 10.4 Å². The average molecular weight is 306 g/mol. The summed E-state index contributed by atoms with van der Waals surface area (Å²) >= 11 is 11.6. The summed E-state index contributed by atoms with van der Waals surface area (Å²) in [5, 5.41) is 11.7. The van der Waals surface area contributed by atoms with Crippen LogP contribution in [0.15, 0.2) is 36.5 Å². The number of hydrogen-bond acceptors (Lipinski definition) is 5. The zero-order valence-corrected chi connectivity index (χ0v) is 11.7. The van der Waals surface area contributed by atoms with Crippen molar-refractivity contribution in [3.63, 3.8) is 0 Å². The Morgan fingerprint density at radius 1 is 1.05 bits per heavy atom. The highest BCUT2D eigenvalue weighted by Gasteiger charge is 2.07. The van der Waals surface area contributed by atoms with Gasteiger partial charge in [-0.1, -0.05) is 35.9 Å². The van der Waals surface area contributed by atoms with Crippen molar-refractivity contribution in [2.75, 3.05) is 5.32 Å². The van der Waals surface area contributed by atoms with E-state index in [1.165, 1.54) is 0 Å². The molecule has 5 nitrogen and oxygen atoms in total. The molecule has 2 aromatic heterocycles. The van der Waals surface area contributed by atoms with Crippen LogP contribution >= 0.6 is 23.2 Å². The van der Waals surface area contributed by atoms with Gasteiger partial charge in [-0.3, -0.25) is 4.98 Å². The van der Waals surface area contributed by atoms with Gasteiger partial charge in [0, 0.05) is 18.1 Å². The summed E-state index contributed by atoms with van der Waals surface area (Å²) in [6, 6.07) is 9.91. The molecule has 1 N–H and O–H groups in total. The summed E-state index contributed by atoms with van der Waals surface area (Å²) in [5.74, 6) is 0.402. The Morgan fingerprint density at radius 2 is 1.90 bits per heavy atom. The third-order valence-electron chi connectivity index (χ3n) is 2.78. The number of nitrogens with zero attached hydrogens (tertiary/aromatic N) is 4. The van der Waals surface area contributed by atoms with Crippen molar-refractivity contribution in [3.8, 4) is 0 Å². The van der Waals surface area contributed by atoms with Crippen LogP contribution in [-0.4, -0.2) is 20.2 Å². The molecule has 0 radical (unpaired) electrons. The quantitative estimate of drug-likeness (QED) is 0.804. The van der Waals surface area contributed by atoms with E-state index in [1.54, 1.807) is 6.20 Å². The van der Waals surface area contributed by atoms with Crippen LogP contribution in [0.25, 0.3) is 10.9 Å². The molecule has 0 amide bonds. The van der Waals surface area contributed by atoms with Gasteiger partial charge in [0.05, 0.1) is 5.52 Å². The summed E-state index contributed by atoms with van der Waals surface area (Å²) in [7, 11) is 0. The number of nitrogens with one attached hydrogen (secondary N) is 1. The lowest BCUT2D eigenvalue weighted by Gasteiger charge is -2.08. The zero-order valence-electron chi connectivity index (χ0n) is 10.2. The van der Waals surface area contributed by atoms with Gasteiger partial charge in [-0.2, -0.15) is 4.98 Å². The number of para-hydroxylation sites is 1. The van der Waals surface area contributed by atoms with E-state index < -0.39 is 0 Å². The Labute approximate surface area is 125 Å². The molecule has 0 spiro atoms. The second kappa shape index (κ2) is 5.56. The van der Waals surface area contributed by atoms with Crippen molar-refractivity contribution in [2.24, 2.45) is 0 Å². The third kappa shape index (κ3) is 2.64. The standard InChI is InChI=1S/C13H9Cl2N5/c14-11-12(18-13(15)20-19-11)17-7-9-4-1-3-8-5-2-6-16-10(8)9/h1-6H,7H2,(H,17,18,20). The molecule has 0 aliphatic carbocycles. The van der Waals surface area contributed by atoms with Gasteiger partial charge in [0.25, 0.3) is 0 Å². The van der Waals surface area contributed by atoms with Gasteiger partial charge in [0.15, 0.2) is 11.0 Å².